The minimum atomic E-state index is 0.533. The quantitative estimate of drug-likeness (QED) is 0.420. The van der Waals surface area contributed by atoms with Gasteiger partial charge in [-0.3, -0.25) is 0 Å². The van der Waals surface area contributed by atoms with Crippen LogP contribution >= 0.6 is 0 Å². The molecule has 0 saturated heterocycles. The van der Waals surface area contributed by atoms with Gasteiger partial charge in [-0.05, 0) is 6.92 Å². The Labute approximate surface area is 56.7 Å². The van der Waals surface area contributed by atoms with Crippen molar-refractivity contribution in [1.29, 1.82) is 0 Å². The smallest absolute Gasteiger partial charge is 0.0702 e. The lowest BCUT2D eigenvalue weighted by molar-refractivity contribution is 1.50. The number of terminal acetylenes is 1. The van der Waals surface area contributed by atoms with Gasteiger partial charge >= 0.3 is 0 Å². The van der Waals surface area contributed by atoms with Crippen molar-refractivity contribution >= 4 is 0 Å². The Balaban J connectivity index is 3.37. The average Bonchev–Trinajstić information content (AvgIpc) is 1.89. The molecule has 0 aliphatic heterocycles. The molecule has 0 aliphatic rings. The van der Waals surface area contributed by atoms with Crippen molar-refractivity contribution in [3.05, 3.63) is 0 Å². The molecule has 0 N–H and O–H groups in total. The molecule has 0 radical (unpaired) electrons. The molecule has 0 rings (SSSR count). The van der Waals surface area contributed by atoms with Gasteiger partial charge in [-0.15, -0.1) is 12.3 Å². The first-order valence-corrected chi connectivity index (χ1v) is 2.70. The number of hydrogen-bond donors (Lipinski definition) is 0. The molecule has 0 fully saturated rings. The summed E-state index contributed by atoms with van der Waals surface area (Å²) in [6, 6.07) is 0. The Morgan fingerprint density at radius 2 is 1.78 bits per heavy atom. The lowest BCUT2D eigenvalue weighted by atomic mass is 10.4. The highest BCUT2D eigenvalue weighted by atomic mass is 13.7. The van der Waals surface area contributed by atoms with E-state index >= 15 is 0 Å². The van der Waals surface area contributed by atoms with Gasteiger partial charge < -0.3 is 0 Å². The van der Waals surface area contributed by atoms with Crippen LogP contribution in [0.2, 0.25) is 0 Å². The lowest BCUT2D eigenvalue weighted by Crippen LogP contribution is -1.59. The maximum absolute atomic E-state index is 4.95. The van der Waals surface area contributed by atoms with Gasteiger partial charge in [0.2, 0.25) is 0 Å². The summed E-state index contributed by atoms with van der Waals surface area (Å²) in [5, 5.41) is 0. The highest BCUT2D eigenvalue weighted by molar-refractivity contribution is 5.13. The molecule has 0 atom stereocenters. The summed E-state index contributed by atoms with van der Waals surface area (Å²) in [6.45, 7) is 1.79. The van der Waals surface area contributed by atoms with Gasteiger partial charge in [0, 0.05) is 0 Å². The van der Waals surface area contributed by atoms with E-state index in [1.807, 2.05) is 0 Å². The largest absolute Gasteiger partial charge is 0.119 e. The van der Waals surface area contributed by atoms with E-state index in [0.29, 0.717) is 12.8 Å². The predicted molar refractivity (Wildman–Crippen MR) is 39.3 cm³/mol. The van der Waals surface area contributed by atoms with Gasteiger partial charge in [0.15, 0.2) is 0 Å². The van der Waals surface area contributed by atoms with Crippen LogP contribution in [0.25, 0.3) is 0 Å². The molecule has 0 nitrogen and oxygen atoms in total. The fourth-order valence-corrected chi connectivity index (χ4v) is 0.309. The van der Waals surface area contributed by atoms with Crippen molar-refractivity contribution in [3.8, 4) is 36.0 Å². The van der Waals surface area contributed by atoms with E-state index in [-0.39, 0.29) is 0 Å². The fraction of sp³-hybridized carbons (Fsp3) is 0.333. The van der Waals surface area contributed by atoms with E-state index in [4.69, 9.17) is 6.42 Å². The van der Waals surface area contributed by atoms with Crippen molar-refractivity contribution in [3.63, 3.8) is 0 Å². The highest BCUT2D eigenvalue weighted by Gasteiger charge is 1.63. The van der Waals surface area contributed by atoms with Crippen LogP contribution < -0.4 is 0 Å². The second kappa shape index (κ2) is 6.68. The monoisotopic (exact) mass is 116 g/mol. The lowest BCUT2D eigenvalue weighted by Gasteiger charge is -1.68. The zero-order valence-electron chi connectivity index (χ0n) is 5.49. The van der Waals surface area contributed by atoms with Gasteiger partial charge in [0.05, 0.1) is 12.8 Å². The van der Waals surface area contributed by atoms with Gasteiger partial charge in [-0.1, -0.05) is 23.7 Å². The first-order chi connectivity index (χ1) is 4.41. The first kappa shape index (κ1) is 7.68. The molecule has 44 valence electrons. The average molecular weight is 116 g/mol. The van der Waals surface area contributed by atoms with E-state index in [0.717, 1.165) is 0 Å². The summed E-state index contributed by atoms with van der Waals surface area (Å²) in [5.74, 6) is 13.6. The van der Waals surface area contributed by atoms with Crippen molar-refractivity contribution in [2.75, 3.05) is 0 Å². The summed E-state index contributed by atoms with van der Waals surface area (Å²) in [7, 11) is 0. The third-order valence-corrected chi connectivity index (χ3v) is 0.669. The minimum absolute atomic E-state index is 0.533. The minimum Gasteiger partial charge on any atom is -0.119 e. The van der Waals surface area contributed by atoms with Crippen LogP contribution in [0.1, 0.15) is 19.8 Å². The molecule has 0 heterocycles. The summed E-state index contributed by atoms with van der Waals surface area (Å²) in [4.78, 5) is 0. The maximum atomic E-state index is 4.95. The topological polar surface area (TPSA) is 0 Å². The molecule has 0 spiro atoms. The van der Waals surface area contributed by atoms with Gasteiger partial charge in [-0.2, -0.15) is 0 Å². The van der Waals surface area contributed by atoms with Crippen LogP contribution in [0.3, 0.4) is 0 Å². The molecule has 0 unspecified atom stereocenters. The molecule has 0 aromatic heterocycles. The summed E-state index contributed by atoms with van der Waals surface area (Å²) < 4.78 is 0. The summed E-state index contributed by atoms with van der Waals surface area (Å²) in [6.07, 6.45) is 6.12. The second-order valence-electron chi connectivity index (χ2n) is 1.34. The molecular formula is C9H8. The standard InChI is InChI=1S/C9H8/c1-3-5-7-9-8-6-4-2/h1H,5,8H2,2H3. The fourth-order valence-electron chi connectivity index (χ4n) is 0.309. The molecule has 0 bridgehead atoms. The van der Waals surface area contributed by atoms with Crippen LogP contribution in [0.5, 0.6) is 0 Å². The van der Waals surface area contributed by atoms with Crippen molar-refractivity contribution < 1.29 is 0 Å². The van der Waals surface area contributed by atoms with Crippen LogP contribution in [-0.2, 0) is 0 Å². The molecular weight excluding hydrogens is 108 g/mol. The number of hydrogen-bond acceptors (Lipinski definition) is 0. The summed E-state index contributed by atoms with van der Waals surface area (Å²) in [5.41, 5.74) is 0. The first-order valence-electron chi connectivity index (χ1n) is 2.70. The molecule has 0 amide bonds. The SMILES string of the molecule is C#CCC#CCC#CC. The second-order valence-corrected chi connectivity index (χ2v) is 1.34. The highest BCUT2D eigenvalue weighted by Crippen LogP contribution is 1.72. The zero-order chi connectivity index (χ0) is 6.95. The van der Waals surface area contributed by atoms with Crippen LogP contribution in [0.15, 0.2) is 0 Å². The van der Waals surface area contributed by atoms with Gasteiger partial charge in [-0.25, -0.2) is 0 Å². The maximum Gasteiger partial charge on any atom is 0.0702 e. The van der Waals surface area contributed by atoms with E-state index in [2.05, 4.69) is 29.6 Å². The normalized spacial score (nSPS) is 5.33. The van der Waals surface area contributed by atoms with Crippen LogP contribution in [0.4, 0.5) is 0 Å². The Hall–Kier alpha value is -1.32. The van der Waals surface area contributed by atoms with Crippen molar-refractivity contribution in [2.24, 2.45) is 0 Å². The van der Waals surface area contributed by atoms with E-state index in [1.165, 1.54) is 0 Å². The number of rotatable bonds is 0. The predicted octanol–water partition coefficient (Wildman–Crippen LogP) is 1.43. The zero-order valence-corrected chi connectivity index (χ0v) is 5.49. The van der Waals surface area contributed by atoms with Crippen molar-refractivity contribution in [1.82, 2.24) is 0 Å². The molecule has 9 heavy (non-hydrogen) atoms. The Morgan fingerprint density at radius 1 is 1.11 bits per heavy atom. The Bertz CT molecular complexity index is 206. The van der Waals surface area contributed by atoms with Gasteiger partial charge in [0.1, 0.15) is 0 Å². The molecule has 0 aliphatic carbocycles. The van der Waals surface area contributed by atoms with Crippen LogP contribution in [-0.4, -0.2) is 0 Å². The Kier molecular flexibility index (Phi) is 5.70. The van der Waals surface area contributed by atoms with Gasteiger partial charge in [0.25, 0.3) is 0 Å². The molecule has 0 heteroatoms. The third kappa shape index (κ3) is 6.68. The summed E-state index contributed by atoms with van der Waals surface area (Å²) >= 11 is 0. The van der Waals surface area contributed by atoms with E-state index < -0.39 is 0 Å². The Morgan fingerprint density at radius 3 is 2.33 bits per heavy atom. The van der Waals surface area contributed by atoms with E-state index in [9.17, 15) is 0 Å². The van der Waals surface area contributed by atoms with Crippen LogP contribution in [0, 0.1) is 36.0 Å². The molecule has 0 aromatic carbocycles. The van der Waals surface area contributed by atoms with Crippen molar-refractivity contribution in [2.45, 2.75) is 19.8 Å². The molecule has 0 saturated carbocycles. The molecule has 0 aromatic rings. The third-order valence-electron chi connectivity index (χ3n) is 0.669. The van der Waals surface area contributed by atoms with E-state index in [1.54, 1.807) is 6.92 Å².